The lowest BCUT2D eigenvalue weighted by Gasteiger charge is -2.46. The van der Waals surface area contributed by atoms with Gasteiger partial charge >= 0.3 is 6.18 Å². The summed E-state index contributed by atoms with van der Waals surface area (Å²) in [7, 11) is 0. The highest BCUT2D eigenvalue weighted by molar-refractivity contribution is 7.12. The Morgan fingerprint density at radius 1 is 1.12 bits per heavy atom. The summed E-state index contributed by atoms with van der Waals surface area (Å²) in [5.41, 5.74) is 6.64. The predicted octanol–water partition coefficient (Wildman–Crippen LogP) is 4.23. The van der Waals surface area contributed by atoms with Gasteiger partial charge in [-0.25, -0.2) is 0 Å². The van der Waals surface area contributed by atoms with Crippen molar-refractivity contribution in [2.75, 3.05) is 18.2 Å². The highest BCUT2D eigenvalue weighted by Gasteiger charge is 2.61. The molecule has 1 spiro atoms. The number of nitrogens with two attached hydrogens (primary N) is 1. The average molecular weight is 488 g/mol. The molecule has 2 atom stereocenters. The highest BCUT2D eigenvalue weighted by atomic mass is 32.1. The first-order valence-corrected chi connectivity index (χ1v) is 11.4. The molecule has 0 amide bonds. The number of amidine groups is 1. The Morgan fingerprint density at radius 2 is 1.85 bits per heavy atom. The molecule has 0 aliphatic carbocycles. The van der Waals surface area contributed by atoms with Crippen LogP contribution in [0.25, 0.3) is 0 Å². The summed E-state index contributed by atoms with van der Waals surface area (Å²) in [5, 5.41) is 12.2. The number of benzene rings is 2. The minimum atomic E-state index is -4.41. The van der Waals surface area contributed by atoms with Crippen molar-refractivity contribution in [2.45, 2.75) is 30.8 Å². The Morgan fingerprint density at radius 3 is 2.59 bits per heavy atom. The second kappa shape index (κ2) is 6.89. The topological polar surface area (TPSA) is 80.3 Å². The molecular weight excluding hydrogens is 467 g/mol. The Bertz CT molecular complexity index is 1350. The Labute approximate surface area is 197 Å². The molecule has 3 aliphatic heterocycles. The van der Waals surface area contributed by atoms with E-state index in [-0.39, 0.29) is 19.9 Å². The number of alkyl halides is 3. The van der Waals surface area contributed by atoms with Gasteiger partial charge in [0, 0.05) is 16.1 Å². The molecule has 0 radical (unpaired) electrons. The Kier molecular flexibility index (Phi) is 4.32. The standard InChI is InChI=1S/C24H20F3N3O3S/c1-22(31)23(11-29-21(28)14-8-18-19(9-16(14)23)33-12-32-18)15-4-2-3-5-17(15)30(22)10-13-6-7-20(34-13)24(25,26)27/h2-9,31H,10-12H2,1H3,(H2,28,29). The highest BCUT2D eigenvalue weighted by Crippen LogP contribution is 2.58. The van der Waals surface area contributed by atoms with Crippen molar-refractivity contribution in [1.29, 1.82) is 0 Å². The molecule has 0 saturated heterocycles. The van der Waals surface area contributed by atoms with E-state index in [0.29, 0.717) is 39.1 Å². The number of thiophene rings is 1. The lowest BCUT2D eigenvalue weighted by molar-refractivity contribution is -0.134. The fourth-order valence-electron chi connectivity index (χ4n) is 5.32. The number of hydrogen-bond donors (Lipinski definition) is 2. The third-order valence-electron chi connectivity index (χ3n) is 6.98. The number of ether oxygens (including phenoxy) is 2. The minimum Gasteiger partial charge on any atom is -0.454 e. The van der Waals surface area contributed by atoms with Gasteiger partial charge in [-0.2, -0.15) is 13.2 Å². The first-order chi connectivity index (χ1) is 16.1. The van der Waals surface area contributed by atoms with Crippen LogP contribution in [0, 0.1) is 0 Å². The van der Waals surface area contributed by atoms with E-state index in [2.05, 4.69) is 4.99 Å². The molecule has 0 bridgehead atoms. The molecule has 6 rings (SSSR count). The molecule has 0 saturated carbocycles. The van der Waals surface area contributed by atoms with Crippen LogP contribution in [0.5, 0.6) is 11.5 Å². The van der Waals surface area contributed by atoms with Crippen LogP contribution in [0.4, 0.5) is 18.9 Å². The summed E-state index contributed by atoms with van der Waals surface area (Å²) in [4.78, 5) is 6.14. The van der Waals surface area contributed by atoms with E-state index in [0.717, 1.165) is 22.9 Å². The maximum absolute atomic E-state index is 13.2. The lowest BCUT2D eigenvalue weighted by Crippen LogP contribution is -2.59. The molecule has 3 aromatic rings. The van der Waals surface area contributed by atoms with Crippen LogP contribution in [-0.4, -0.2) is 30.0 Å². The van der Waals surface area contributed by atoms with Gasteiger partial charge in [-0.3, -0.25) is 4.99 Å². The average Bonchev–Trinajstić information content (AvgIpc) is 3.49. The maximum Gasteiger partial charge on any atom is 0.425 e. The second-order valence-corrected chi connectivity index (χ2v) is 9.91. The van der Waals surface area contributed by atoms with Gasteiger partial charge in [0.2, 0.25) is 6.79 Å². The van der Waals surface area contributed by atoms with E-state index in [4.69, 9.17) is 15.2 Å². The number of aliphatic imine (C=N–C) groups is 1. The van der Waals surface area contributed by atoms with Crippen molar-refractivity contribution < 1.29 is 27.8 Å². The minimum absolute atomic E-state index is 0.0846. The van der Waals surface area contributed by atoms with E-state index >= 15 is 0 Å². The molecule has 1 aromatic heterocycles. The van der Waals surface area contributed by atoms with Crippen molar-refractivity contribution >= 4 is 22.9 Å². The number of para-hydroxylation sites is 1. The van der Waals surface area contributed by atoms with Crippen LogP contribution < -0.4 is 20.1 Å². The van der Waals surface area contributed by atoms with Crippen molar-refractivity contribution in [1.82, 2.24) is 0 Å². The SMILES string of the molecule is CC1(O)N(Cc2ccc(C(F)(F)F)s2)c2ccccc2C12CN=C(N)c1cc3c(cc12)OCO3. The second-order valence-electron chi connectivity index (χ2n) is 8.75. The van der Waals surface area contributed by atoms with E-state index < -0.39 is 22.2 Å². The van der Waals surface area contributed by atoms with E-state index in [1.807, 2.05) is 30.3 Å². The number of anilines is 1. The van der Waals surface area contributed by atoms with Crippen LogP contribution in [0.3, 0.4) is 0 Å². The normalized spacial score (nSPS) is 24.9. The van der Waals surface area contributed by atoms with Crippen molar-refractivity contribution in [3.8, 4) is 11.5 Å². The molecule has 176 valence electrons. The maximum atomic E-state index is 13.2. The summed E-state index contributed by atoms with van der Waals surface area (Å²) in [6.07, 6.45) is -4.41. The van der Waals surface area contributed by atoms with Crippen molar-refractivity contribution in [2.24, 2.45) is 10.7 Å². The Balaban J connectivity index is 1.52. The van der Waals surface area contributed by atoms with E-state index in [1.165, 1.54) is 6.07 Å². The molecule has 2 unspecified atom stereocenters. The van der Waals surface area contributed by atoms with Crippen LogP contribution in [-0.2, 0) is 18.1 Å². The largest absolute Gasteiger partial charge is 0.454 e. The first kappa shape index (κ1) is 21.3. The van der Waals surface area contributed by atoms with Gasteiger partial charge in [-0.1, -0.05) is 18.2 Å². The number of aliphatic hydroxyl groups is 1. The zero-order valence-corrected chi connectivity index (χ0v) is 18.8. The van der Waals surface area contributed by atoms with Crippen molar-refractivity contribution in [3.05, 3.63) is 75.0 Å². The molecule has 3 N–H and O–H groups in total. The summed E-state index contributed by atoms with van der Waals surface area (Å²) in [5.74, 6) is 1.43. The summed E-state index contributed by atoms with van der Waals surface area (Å²) >= 11 is 0.678. The van der Waals surface area contributed by atoms with Gasteiger partial charge in [-0.05, 0) is 48.4 Å². The predicted molar refractivity (Wildman–Crippen MR) is 122 cm³/mol. The van der Waals surface area contributed by atoms with Gasteiger partial charge in [-0.15, -0.1) is 11.3 Å². The smallest absolute Gasteiger partial charge is 0.425 e. The molecule has 3 aliphatic rings. The molecule has 0 fully saturated rings. The number of hydrogen-bond acceptors (Lipinski definition) is 7. The van der Waals surface area contributed by atoms with Crippen LogP contribution in [0.2, 0.25) is 0 Å². The van der Waals surface area contributed by atoms with Gasteiger partial charge in [0.15, 0.2) is 17.2 Å². The molecule has 2 aromatic carbocycles. The number of fused-ring (bicyclic) bond motifs is 5. The molecule has 10 heteroatoms. The fraction of sp³-hybridized carbons (Fsp3) is 0.292. The van der Waals surface area contributed by atoms with Gasteiger partial charge in [0.05, 0.1) is 18.5 Å². The molecule has 6 nitrogen and oxygen atoms in total. The Hall–Kier alpha value is -3.24. The molecule has 4 heterocycles. The monoisotopic (exact) mass is 487 g/mol. The quantitative estimate of drug-likeness (QED) is 0.566. The first-order valence-electron chi connectivity index (χ1n) is 10.6. The zero-order chi connectivity index (χ0) is 23.9. The zero-order valence-electron chi connectivity index (χ0n) is 18.0. The van der Waals surface area contributed by atoms with E-state index in [1.54, 1.807) is 17.9 Å². The third kappa shape index (κ3) is 2.75. The van der Waals surface area contributed by atoms with Crippen LogP contribution in [0.15, 0.2) is 53.5 Å². The number of rotatable bonds is 2. The summed E-state index contributed by atoms with van der Waals surface area (Å²) in [6.45, 7) is 2.04. The van der Waals surface area contributed by atoms with Gasteiger partial charge in [0.1, 0.15) is 10.7 Å². The molecule has 34 heavy (non-hydrogen) atoms. The third-order valence-corrected chi connectivity index (χ3v) is 8.09. The van der Waals surface area contributed by atoms with E-state index in [9.17, 15) is 18.3 Å². The molecular formula is C24H20F3N3O3S. The summed E-state index contributed by atoms with van der Waals surface area (Å²) in [6, 6.07) is 13.7. The number of nitrogens with zero attached hydrogens (tertiary/aromatic N) is 2. The van der Waals surface area contributed by atoms with Gasteiger partial charge in [0.25, 0.3) is 0 Å². The van der Waals surface area contributed by atoms with Gasteiger partial charge < -0.3 is 25.2 Å². The number of halogens is 3. The summed E-state index contributed by atoms with van der Waals surface area (Å²) < 4.78 is 50.7. The van der Waals surface area contributed by atoms with Crippen LogP contribution in [0.1, 0.15) is 33.4 Å². The lowest BCUT2D eigenvalue weighted by atomic mass is 9.66. The fourth-order valence-corrected chi connectivity index (χ4v) is 6.18. The van der Waals surface area contributed by atoms with Crippen LogP contribution >= 0.6 is 11.3 Å². The van der Waals surface area contributed by atoms with Crippen molar-refractivity contribution in [3.63, 3.8) is 0 Å².